The Kier molecular flexibility index (Phi) is 5.34. The number of likely N-dealkylation sites (N-methyl/N-ethyl adjacent to an activating group) is 1. The van der Waals surface area contributed by atoms with Crippen molar-refractivity contribution in [1.29, 1.82) is 0 Å². The van der Waals surface area contributed by atoms with E-state index in [4.69, 9.17) is 0 Å². The lowest BCUT2D eigenvalue weighted by atomic mass is 10.0. The van der Waals surface area contributed by atoms with E-state index in [9.17, 15) is 13.2 Å². The lowest BCUT2D eigenvalue weighted by Gasteiger charge is -2.29. The van der Waals surface area contributed by atoms with Crippen LogP contribution in [0.3, 0.4) is 0 Å². The van der Waals surface area contributed by atoms with Gasteiger partial charge in [0.2, 0.25) is 15.9 Å². The summed E-state index contributed by atoms with van der Waals surface area (Å²) < 4.78 is 25.4. The first-order chi connectivity index (χ1) is 8.62. The minimum Gasteiger partial charge on any atom is -0.339 e. The molecule has 0 aromatic rings. The molecule has 0 atom stereocenters. The van der Waals surface area contributed by atoms with Crippen molar-refractivity contribution in [1.82, 2.24) is 14.5 Å². The van der Waals surface area contributed by atoms with Crippen LogP contribution in [-0.2, 0) is 14.8 Å². The first kappa shape index (κ1) is 16.4. The molecule has 1 heterocycles. The van der Waals surface area contributed by atoms with E-state index in [1.807, 2.05) is 20.8 Å². The van der Waals surface area contributed by atoms with Crippen LogP contribution in [0.2, 0.25) is 0 Å². The van der Waals surface area contributed by atoms with E-state index in [0.717, 1.165) is 13.1 Å². The molecule has 0 spiro atoms. The molecule has 6 nitrogen and oxygen atoms in total. The average Bonchev–Trinajstić information content (AvgIpc) is 2.26. The van der Waals surface area contributed by atoms with Crippen LogP contribution in [0.1, 0.15) is 20.8 Å². The van der Waals surface area contributed by atoms with Crippen molar-refractivity contribution in [2.75, 3.05) is 45.5 Å². The number of rotatable bonds is 4. The zero-order valence-corrected chi connectivity index (χ0v) is 13.1. The van der Waals surface area contributed by atoms with Gasteiger partial charge in [0.15, 0.2) is 0 Å². The SMILES string of the molecule is CN(CC(=O)N1CCNCC1)S(=O)(=O)CC(C)(C)C. The second kappa shape index (κ2) is 6.19. The second-order valence-corrected chi connectivity index (χ2v) is 8.28. The lowest BCUT2D eigenvalue weighted by molar-refractivity contribution is -0.131. The molecule has 0 bridgehead atoms. The van der Waals surface area contributed by atoms with Crippen molar-refractivity contribution in [2.24, 2.45) is 5.41 Å². The topological polar surface area (TPSA) is 69.7 Å². The Morgan fingerprint density at radius 3 is 2.26 bits per heavy atom. The summed E-state index contributed by atoms with van der Waals surface area (Å²) in [7, 11) is -1.91. The Morgan fingerprint density at radius 2 is 1.79 bits per heavy atom. The zero-order valence-electron chi connectivity index (χ0n) is 12.3. The summed E-state index contributed by atoms with van der Waals surface area (Å²) in [5.41, 5.74) is -0.314. The monoisotopic (exact) mass is 291 g/mol. The molecule has 0 radical (unpaired) electrons. The number of sulfonamides is 1. The third kappa shape index (κ3) is 5.46. The highest BCUT2D eigenvalue weighted by Gasteiger charge is 2.28. The maximum Gasteiger partial charge on any atom is 0.237 e. The molecule has 1 aliphatic heterocycles. The van der Waals surface area contributed by atoms with Crippen LogP contribution in [0, 0.1) is 5.41 Å². The van der Waals surface area contributed by atoms with E-state index >= 15 is 0 Å². The van der Waals surface area contributed by atoms with E-state index in [2.05, 4.69) is 5.32 Å². The third-order valence-electron chi connectivity index (χ3n) is 2.92. The van der Waals surface area contributed by atoms with Gasteiger partial charge in [-0.1, -0.05) is 20.8 Å². The standard InChI is InChI=1S/C12H25N3O3S/c1-12(2,3)10-19(17,18)14(4)9-11(16)15-7-5-13-6-8-15/h13H,5-10H2,1-4H3. The van der Waals surface area contributed by atoms with Gasteiger partial charge >= 0.3 is 0 Å². The van der Waals surface area contributed by atoms with E-state index in [-0.39, 0.29) is 23.6 Å². The molecule has 0 unspecified atom stereocenters. The molecule has 1 amide bonds. The summed E-state index contributed by atoms with van der Waals surface area (Å²) in [6.45, 7) is 8.37. The number of hydrogen-bond donors (Lipinski definition) is 1. The number of amides is 1. The third-order valence-corrected chi connectivity index (χ3v) is 5.23. The van der Waals surface area contributed by atoms with Gasteiger partial charge in [0, 0.05) is 33.2 Å². The fourth-order valence-corrected chi connectivity index (χ4v) is 3.58. The van der Waals surface area contributed by atoms with Crippen molar-refractivity contribution in [2.45, 2.75) is 20.8 Å². The van der Waals surface area contributed by atoms with Crippen LogP contribution in [0.4, 0.5) is 0 Å². The van der Waals surface area contributed by atoms with Crippen molar-refractivity contribution in [3.63, 3.8) is 0 Å². The number of carbonyl (C=O) groups is 1. The molecule has 19 heavy (non-hydrogen) atoms. The van der Waals surface area contributed by atoms with Gasteiger partial charge in [0.1, 0.15) is 0 Å². The van der Waals surface area contributed by atoms with Crippen LogP contribution in [0.5, 0.6) is 0 Å². The van der Waals surface area contributed by atoms with E-state index in [1.165, 1.54) is 11.4 Å². The average molecular weight is 291 g/mol. The van der Waals surface area contributed by atoms with E-state index in [1.54, 1.807) is 4.90 Å². The molecule has 0 saturated carbocycles. The number of carbonyl (C=O) groups excluding carboxylic acids is 1. The van der Waals surface area contributed by atoms with Crippen LogP contribution in [0.25, 0.3) is 0 Å². The first-order valence-electron chi connectivity index (χ1n) is 6.54. The molecule has 1 saturated heterocycles. The van der Waals surface area contributed by atoms with E-state index < -0.39 is 10.0 Å². The molecule has 1 aliphatic rings. The molecule has 1 fully saturated rings. The molecule has 7 heteroatoms. The van der Waals surface area contributed by atoms with Crippen molar-refractivity contribution >= 4 is 15.9 Å². The molecule has 0 aliphatic carbocycles. The minimum absolute atomic E-state index is 0.0470. The summed E-state index contributed by atoms with van der Waals surface area (Å²) in [5, 5.41) is 3.16. The Bertz CT molecular complexity index is 408. The van der Waals surface area contributed by atoms with Gasteiger partial charge in [0.05, 0.1) is 12.3 Å². The minimum atomic E-state index is -3.38. The summed E-state index contributed by atoms with van der Waals surface area (Å²) in [6.07, 6.45) is 0. The molecule has 112 valence electrons. The Hall–Kier alpha value is -0.660. The molecular weight excluding hydrogens is 266 g/mol. The maximum atomic E-state index is 12.1. The van der Waals surface area contributed by atoms with Crippen molar-refractivity contribution < 1.29 is 13.2 Å². The fraction of sp³-hybridized carbons (Fsp3) is 0.917. The zero-order chi connectivity index (χ0) is 14.7. The van der Waals surface area contributed by atoms with Crippen molar-refractivity contribution in [3.8, 4) is 0 Å². The van der Waals surface area contributed by atoms with Gasteiger partial charge in [0.25, 0.3) is 0 Å². The highest BCUT2D eigenvalue weighted by Crippen LogP contribution is 2.18. The summed E-state index contributed by atoms with van der Waals surface area (Å²) >= 11 is 0. The van der Waals surface area contributed by atoms with Gasteiger partial charge in [-0.2, -0.15) is 4.31 Å². The number of piperazine rings is 1. The van der Waals surface area contributed by atoms with Crippen LogP contribution in [0.15, 0.2) is 0 Å². The van der Waals surface area contributed by atoms with Gasteiger partial charge in [-0.15, -0.1) is 0 Å². The molecule has 0 aromatic heterocycles. The van der Waals surface area contributed by atoms with Gasteiger partial charge < -0.3 is 10.2 Å². The summed E-state index contributed by atoms with van der Waals surface area (Å²) in [4.78, 5) is 13.7. The van der Waals surface area contributed by atoms with Crippen LogP contribution >= 0.6 is 0 Å². The normalized spacial score (nSPS) is 17.8. The lowest BCUT2D eigenvalue weighted by Crippen LogP contribution is -2.50. The number of nitrogens with one attached hydrogen (secondary N) is 1. The predicted octanol–water partition coefficient (Wildman–Crippen LogP) is -0.274. The second-order valence-electron chi connectivity index (χ2n) is 6.20. The van der Waals surface area contributed by atoms with Gasteiger partial charge in [-0.3, -0.25) is 4.79 Å². The molecule has 1 N–H and O–H groups in total. The largest absolute Gasteiger partial charge is 0.339 e. The summed E-state index contributed by atoms with van der Waals surface area (Å²) in [5.74, 6) is -0.0767. The predicted molar refractivity (Wildman–Crippen MR) is 75.3 cm³/mol. The maximum absolute atomic E-state index is 12.1. The molecule has 0 aromatic carbocycles. The smallest absolute Gasteiger partial charge is 0.237 e. The quantitative estimate of drug-likeness (QED) is 0.774. The first-order valence-corrected chi connectivity index (χ1v) is 8.15. The molecule has 1 rings (SSSR count). The molecular formula is C12H25N3O3S. The van der Waals surface area contributed by atoms with Crippen LogP contribution < -0.4 is 5.32 Å². The number of nitrogens with zero attached hydrogens (tertiary/aromatic N) is 2. The fourth-order valence-electron chi connectivity index (χ4n) is 1.96. The van der Waals surface area contributed by atoms with Crippen LogP contribution in [-0.4, -0.2) is 69.1 Å². The Morgan fingerprint density at radius 1 is 1.26 bits per heavy atom. The highest BCUT2D eigenvalue weighted by molar-refractivity contribution is 7.89. The Balaban J connectivity index is 2.58. The van der Waals surface area contributed by atoms with E-state index in [0.29, 0.717) is 13.1 Å². The Labute approximate surface area is 116 Å². The van der Waals surface area contributed by atoms with Gasteiger partial charge in [-0.25, -0.2) is 8.42 Å². The highest BCUT2D eigenvalue weighted by atomic mass is 32.2. The van der Waals surface area contributed by atoms with Crippen molar-refractivity contribution in [3.05, 3.63) is 0 Å². The van der Waals surface area contributed by atoms with Gasteiger partial charge in [-0.05, 0) is 5.41 Å². The summed E-state index contributed by atoms with van der Waals surface area (Å²) in [6, 6.07) is 0. The number of hydrogen-bond acceptors (Lipinski definition) is 4.